The molecule has 0 spiro atoms. The van der Waals surface area contributed by atoms with Gasteiger partial charge in [-0.25, -0.2) is 0 Å². The smallest absolute Gasteiger partial charge is 0.194 e. The molecule has 2 atom stereocenters. The summed E-state index contributed by atoms with van der Waals surface area (Å²) in [4.78, 5) is 11.7. The summed E-state index contributed by atoms with van der Waals surface area (Å²) in [5, 5.41) is 0. The average molecular weight is 188 g/mol. The maximum Gasteiger partial charge on any atom is 0.194 e. The van der Waals surface area contributed by atoms with Gasteiger partial charge in [0.1, 0.15) is 6.10 Å². The number of carbonyl (C=O) groups is 1. The van der Waals surface area contributed by atoms with Crippen molar-refractivity contribution in [2.75, 3.05) is 0 Å². The molecule has 72 valence electrons. The number of hydrogen-bond acceptors (Lipinski definition) is 2. The van der Waals surface area contributed by atoms with E-state index in [9.17, 15) is 4.79 Å². The molecule has 14 heavy (non-hydrogen) atoms. The molecule has 1 aliphatic heterocycles. The number of ether oxygens (including phenoxy) is 1. The van der Waals surface area contributed by atoms with Gasteiger partial charge in [0.2, 0.25) is 0 Å². The first-order valence-electron chi connectivity index (χ1n) is 4.70. The van der Waals surface area contributed by atoms with Crippen LogP contribution in [-0.4, -0.2) is 18.0 Å². The molecular weight excluding hydrogens is 176 g/mol. The van der Waals surface area contributed by atoms with Crippen LogP contribution in [0.25, 0.3) is 0 Å². The zero-order chi connectivity index (χ0) is 9.97. The summed E-state index contributed by atoms with van der Waals surface area (Å²) in [7, 11) is 0. The monoisotopic (exact) mass is 188 g/mol. The van der Waals surface area contributed by atoms with Crippen LogP contribution < -0.4 is 0 Å². The summed E-state index contributed by atoms with van der Waals surface area (Å²) in [5.74, 6) is 0.0775. The number of hydrogen-bond donors (Lipinski definition) is 0. The van der Waals surface area contributed by atoms with E-state index in [2.05, 4.69) is 0 Å². The second-order valence-electron chi connectivity index (χ2n) is 3.28. The summed E-state index contributed by atoms with van der Waals surface area (Å²) in [5.41, 5.74) is 0.726. The van der Waals surface area contributed by atoms with Crippen LogP contribution in [0.4, 0.5) is 0 Å². The second-order valence-corrected chi connectivity index (χ2v) is 3.28. The highest BCUT2D eigenvalue weighted by Crippen LogP contribution is 2.26. The minimum Gasteiger partial charge on any atom is -0.356 e. The maximum atomic E-state index is 11.7. The molecule has 0 radical (unpaired) electrons. The molecule has 2 rings (SSSR count). The zero-order valence-electron chi connectivity index (χ0n) is 8.01. The van der Waals surface area contributed by atoms with Gasteiger partial charge in [0, 0.05) is 5.56 Å². The third kappa shape index (κ3) is 1.75. The Morgan fingerprint density at radius 2 is 2.07 bits per heavy atom. The molecule has 2 nitrogen and oxygen atoms in total. The standard InChI is InChI=1S/C12H12O2/c1-2-6-10-12(14-10)11(13)9-7-4-3-5-8-9/h2-8,10,12H,1H3/b6-2+/t10-,12+/m0/s1. The fourth-order valence-electron chi connectivity index (χ4n) is 1.44. The topological polar surface area (TPSA) is 29.6 Å². The molecule has 0 saturated carbocycles. The minimum absolute atomic E-state index is 0.00675. The van der Waals surface area contributed by atoms with E-state index in [-0.39, 0.29) is 18.0 Å². The summed E-state index contributed by atoms with van der Waals surface area (Å²) in [6.07, 6.45) is 3.55. The van der Waals surface area contributed by atoms with Crippen LogP contribution in [-0.2, 0) is 4.74 Å². The van der Waals surface area contributed by atoms with Crippen LogP contribution in [0.3, 0.4) is 0 Å². The molecule has 1 heterocycles. The Morgan fingerprint density at radius 1 is 1.36 bits per heavy atom. The molecule has 0 aromatic heterocycles. The minimum atomic E-state index is -0.256. The fraction of sp³-hybridized carbons (Fsp3) is 0.250. The van der Waals surface area contributed by atoms with E-state index >= 15 is 0 Å². The Labute approximate surface area is 83.2 Å². The Bertz CT molecular complexity index is 354. The summed E-state index contributed by atoms with van der Waals surface area (Å²) in [6.45, 7) is 1.92. The normalized spacial score (nSPS) is 25.2. The van der Waals surface area contributed by atoms with E-state index in [1.54, 1.807) is 0 Å². The highest BCUT2D eigenvalue weighted by atomic mass is 16.6. The largest absolute Gasteiger partial charge is 0.356 e. The van der Waals surface area contributed by atoms with Crippen molar-refractivity contribution in [2.24, 2.45) is 0 Å². The highest BCUT2D eigenvalue weighted by molar-refractivity contribution is 6.01. The van der Waals surface area contributed by atoms with Gasteiger partial charge in [-0.05, 0) is 6.92 Å². The quantitative estimate of drug-likeness (QED) is 0.413. The third-order valence-corrected chi connectivity index (χ3v) is 2.22. The lowest BCUT2D eigenvalue weighted by Crippen LogP contribution is -2.09. The average Bonchev–Trinajstić information content (AvgIpc) is 2.98. The lowest BCUT2D eigenvalue weighted by atomic mass is 10.1. The molecule has 2 heteroatoms. The van der Waals surface area contributed by atoms with Gasteiger partial charge in [-0.3, -0.25) is 4.79 Å². The van der Waals surface area contributed by atoms with Crippen LogP contribution in [0.15, 0.2) is 42.5 Å². The third-order valence-electron chi connectivity index (χ3n) is 2.22. The van der Waals surface area contributed by atoms with Gasteiger partial charge in [0.25, 0.3) is 0 Å². The number of allylic oxidation sites excluding steroid dienone is 1. The van der Waals surface area contributed by atoms with E-state index in [0.29, 0.717) is 0 Å². The SMILES string of the molecule is C/C=C/[C@@H]1O[C@H]1C(=O)c1ccccc1. The molecule has 0 aliphatic carbocycles. The Balaban J connectivity index is 2.05. The molecule has 0 unspecified atom stereocenters. The van der Waals surface area contributed by atoms with Gasteiger partial charge < -0.3 is 4.74 Å². The lowest BCUT2D eigenvalue weighted by molar-refractivity contribution is 0.0953. The Kier molecular flexibility index (Phi) is 2.46. The van der Waals surface area contributed by atoms with Crippen molar-refractivity contribution < 1.29 is 9.53 Å². The molecular formula is C12H12O2. The van der Waals surface area contributed by atoms with Gasteiger partial charge in [-0.15, -0.1) is 0 Å². The van der Waals surface area contributed by atoms with Crippen LogP contribution >= 0.6 is 0 Å². The predicted octanol–water partition coefficient (Wildman–Crippen LogP) is 2.21. The Hall–Kier alpha value is -1.41. The first-order chi connectivity index (χ1) is 6.83. The first-order valence-corrected chi connectivity index (χ1v) is 4.70. The summed E-state index contributed by atoms with van der Waals surface area (Å²) >= 11 is 0. The zero-order valence-corrected chi connectivity index (χ0v) is 8.01. The van der Waals surface area contributed by atoms with Crippen LogP contribution in [0, 0.1) is 0 Å². The van der Waals surface area contributed by atoms with Crippen molar-refractivity contribution in [1.29, 1.82) is 0 Å². The van der Waals surface area contributed by atoms with E-state index in [1.807, 2.05) is 49.4 Å². The molecule has 0 N–H and O–H groups in total. The fourth-order valence-corrected chi connectivity index (χ4v) is 1.44. The van der Waals surface area contributed by atoms with E-state index < -0.39 is 0 Å². The number of epoxide rings is 1. The molecule has 1 aromatic rings. The summed E-state index contributed by atoms with van der Waals surface area (Å²) in [6, 6.07) is 9.25. The van der Waals surface area contributed by atoms with Crippen LogP contribution in [0.5, 0.6) is 0 Å². The molecule has 1 fully saturated rings. The second kappa shape index (κ2) is 3.76. The number of carbonyl (C=O) groups excluding carboxylic acids is 1. The Morgan fingerprint density at radius 3 is 2.71 bits per heavy atom. The first kappa shape index (κ1) is 9.16. The number of Topliss-reactive ketones (excluding diaryl/α,β-unsaturated/α-hetero) is 1. The van der Waals surface area contributed by atoms with Crippen molar-refractivity contribution in [1.82, 2.24) is 0 Å². The van der Waals surface area contributed by atoms with Crippen molar-refractivity contribution in [3.63, 3.8) is 0 Å². The van der Waals surface area contributed by atoms with E-state index in [1.165, 1.54) is 0 Å². The van der Waals surface area contributed by atoms with Crippen molar-refractivity contribution in [3.05, 3.63) is 48.0 Å². The molecule has 1 aromatic carbocycles. The van der Waals surface area contributed by atoms with Gasteiger partial charge in [0.05, 0.1) is 0 Å². The van der Waals surface area contributed by atoms with Crippen molar-refractivity contribution >= 4 is 5.78 Å². The highest BCUT2D eigenvalue weighted by Gasteiger charge is 2.42. The van der Waals surface area contributed by atoms with Crippen LogP contribution in [0.1, 0.15) is 17.3 Å². The maximum absolute atomic E-state index is 11.7. The molecule has 1 saturated heterocycles. The van der Waals surface area contributed by atoms with Crippen molar-refractivity contribution in [2.45, 2.75) is 19.1 Å². The number of ketones is 1. The molecule has 1 aliphatic rings. The van der Waals surface area contributed by atoms with Crippen LogP contribution in [0.2, 0.25) is 0 Å². The molecule has 0 amide bonds. The summed E-state index contributed by atoms with van der Waals surface area (Å²) < 4.78 is 5.24. The van der Waals surface area contributed by atoms with Crippen molar-refractivity contribution in [3.8, 4) is 0 Å². The lowest BCUT2D eigenvalue weighted by Gasteiger charge is -1.94. The number of rotatable bonds is 3. The van der Waals surface area contributed by atoms with E-state index in [0.717, 1.165) is 5.56 Å². The molecule has 0 bridgehead atoms. The van der Waals surface area contributed by atoms with Gasteiger partial charge in [0.15, 0.2) is 11.9 Å². The number of benzene rings is 1. The predicted molar refractivity (Wildman–Crippen MR) is 54.2 cm³/mol. The van der Waals surface area contributed by atoms with E-state index in [4.69, 9.17) is 4.74 Å². The van der Waals surface area contributed by atoms with Gasteiger partial charge >= 0.3 is 0 Å². The van der Waals surface area contributed by atoms with Gasteiger partial charge in [-0.2, -0.15) is 0 Å². The van der Waals surface area contributed by atoms with Gasteiger partial charge in [-0.1, -0.05) is 42.5 Å².